The summed E-state index contributed by atoms with van der Waals surface area (Å²) >= 11 is 0. The van der Waals surface area contributed by atoms with Crippen LogP contribution >= 0.6 is 0 Å². The molecule has 3 aromatic rings. The van der Waals surface area contributed by atoms with Gasteiger partial charge >= 0.3 is 28.9 Å². The summed E-state index contributed by atoms with van der Waals surface area (Å²) in [4.78, 5) is 28.5. The van der Waals surface area contributed by atoms with Gasteiger partial charge < -0.3 is 4.74 Å². The van der Waals surface area contributed by atoms with E-state index in [-0.39, 0.29) is 35.6 Å². The quantitative estimate of drug-likeness (QED) is 0.343. The number of benzene rings is 2. The molecule has 4 atom stereocenters. The van der Waals surface area contributed by atoms with Crippen LogP contribution in [-0.2, 0) is 9.59 Å². The summed E-state index contributed by atoms with van der Waals surface area (Å²) in [6.45, 7) is 0. The second-order valence-corrected chi connectivity index (χ2v) is 9.15. The van der Waals surface area contributed by atoms with Gasteiger partial charge in [0.15, 0.2) is 17.9 Å². The third kappa shape index (κ3) is 3.54. The number of ether oxygens (including phenoxy) is 1. The Bertz CT molecular complexity index is 1150. The Kier molecular flexibility index (Phi) is 5.38. The number of halogens is 1. The van der Waals surface area contributed by atoms with E-state index in [9.17, 15) is 9.59 Å². The van der Waals surface area contributed by atoms with Crippen LogP contribution in [0, 0.1) is 22.1 Å². The van der Waals surface area contributed by atoms with Crippen molar-refractivity contribution in [2.24, 2.45) is 11.8 Å². The molecule has 4 aliphatic rings. The number of carbonyl (C=O) groups is 2. The number of amides is 2. The zero-order valence-corrected chi connectivity index (χ0v) is 18.7. The van der Waals surface area contributed by atoms with Crippen LogP contribution in [0.1, 0.15) is 28.8 Å². The molecule has 3 aliphatic heterocycles. The molecular weight excluding hydrogens is 464 g/mol. The topological polar surface area (TPSA) is 134 Å². The summed E-state index contributed by atoms with van der Waals surface area (Å²) in [5.41, 5.74) is 4.03. The molecule has 34 heavy (non-hydrogen) atoms. The standard InChI is InChI=1S/C24H19N2O3.ClH3O4/c1-29-15-11-9-14(10-12-15)26-23(27)20-19-16-6-2-3-7-17(16)22(21(20)24(26)28)25-13-5-4-8-18(19)25;2-1(3,4)5/h2-13,19-22H,1H3;2-4H/q+1;. The molecule has 4 heterocycles. The fourth-order valence-electron chi connectivity index (χ4n) is 5.48. The third-order valence-electron chi connectivity index (χ3n) is 6.62. The van der Waals surface area contributed by atoms with E-state index >= 15 is 0 Å². The molecule has 7 rings (SSSR count). The van der Waals surface area contributed by atoms with Crippen molar-refractivity contribution in [2.45, 2.75) is 12.0 Å². The summed E-state index contributed by atoms with van der Waals surface area (Å²) in [7, 11) is -2.60. The molecule has 10 heteroatoms. The molecule has 0 radical (unpaired) electrons. The molecule has 3 N–H and O–H groups in total. The summed E-state index contributed by atoms with van der Waals surface area (Å²) in [6.07, 6.45) is 2.03. The fraction of sp³-hybridized carbons (Fsp3) is 0.208. The fourth-order valence-corrected chi connectivity index (χ4v) is 5.48. The van der Waals surface area contributed by atoms with Crippen molar-refractivity contribution in [1.82, 2.24) is 0 Å². The Morgan fingerprint density at radius 3 is 2.12 bits per heavy atom. The molecule has 1 aliphatic carbocycles. The monoisotopic (exact) mass is 485 g/mol. The second-order valence-electron chi connectivity index (χ2n) is 8.28. The number of rotatable bonds is 2. The van der Waals surface area contributed by atoms with Gasteiger partial charge in [-0.2, -0.15) is 4.57 Å². The number of nitrogens with zero attached hydrogens (tertiary/aromatic N) is 2. The average molecular weight is 486 g/mol. The molecule has 0 spiro atoms. The number of methoxy groups -OCH3 is 1. The number of carbonyl (C=O) groups excluding carboxylic acids is 2. The first kappa shape index (κ1) is 22.5. The van der Waals surface area contributed by atoms with Gasteiger partial charge in [0.1, 0.15) is 11.7 Å². The Morgan fingerprint density at radius 1 is 0.882 bits per heavy atom. The molecular formula is C24H22ClN2O7+. The van der Waals surface area contributed by atoms with Gasteiger partial charge in [-0.3, -0.25) is 9.59 Å². The molecule has 1 saturated heterocycles. The van der Waals surface area contributed by atoms with E-state index in [1.165, 1.54) is 10.5 Å². The molecule has 1 aromatic heterocycles. The van der Waals surface area contributed by atoms with Gasteiger partial charge in [0, 0.05) is 17.7 Å². The van der Waals surface area contributed by atoms with E-state index in [0.717, 1.165) is 11.3 Å². The SMILES string of the molecule is COc1ccc(N2C(=O)C3C4c5ccccc5C(C3C2=O)[n+]2ccccc24)cc1.[O-][Cl+](O)(O)O. The van der Waals surface area contributed by atoms with E-state index in [0.29, 0.717) is 11.4 Å². The molecule has 0 saturated carbocycles. The molecule has 9 nitrogen and oxygen atoms in total. The first-order valence-corrected chi connectivity index (χ1v) is 11.8. The van der Waals surface area contributed by atoms with Crippen LogP contribution in [0.5, 0.6) is 5.75 Å². The van der Waals surface area contributed by atoms with Crippen LogP contribution < -0.4 is 18.9 Å². The Balaban J connectivity index is 0.000000439. The number of aromatic nitrogens is 1. The summed E-state index contributed by atoms with van der Waals surface area (Å²) in [5.74, 6) is -0.388. The van der Waals surface area contributed by atoms with Gasteiger partial charge in [0.2, 0.25) is 11.8 Å². The number of pyridine rings is 1. The molecule has 2 amide bonds. The van der Waals surface area contributed by atoms with Gasteiger partial charge in [0.25, 0.3) is 0 Å². The van der Waals surface area contributed by atoms with Crippen molar-refractivity contribution < 1.29 is 47.8 Å². The van der Waals surface area contributed by atoms with Crippen LogP contribution in [0.25, 0.3) is 0 Å². The molecule has 4 unspecified atom stereocenters. The van der Waals surface area contributed by atoms with Gasteiger partial charge in [-0.1, -0.05) is 30.3 Å². The van der Waals surface area contributed by atoms with Crippen molar-refractivity contribution in [3.05, 3.63) is 89.7 Å². The number of hydrogen-bond acceptors (Lipinski definition) is 7. The number of imide groups is 1. The molecule has 176 valence electrons. The van der Waals surface area contributed by atoms with Gasteiger partial charge in [-0.15, -0.1) is 0 Å². The maximum atomic E-state index is 13.6. The Morgan fingerprint density at radius 2 is 1.47 bits per heavy atom. The molecule has 1 fully saturated rings. The molecule has 2 bridgehead atoms. The van der Waals surface area contributed by atoms with Crippen molar-refractivity contribution in [2.75, 3.05) is 12.0 Å². The first-order valence-electron chi connectivity index (χ1n) is 10.5. The van der Waals surface area contributed by atoms with E-state index in [1.54, 1.807) is 31.4 Å². The van der Waals surface area contributed by atoms with E-state index in [4.69, 9.17) is 23.4 Å². The van der Waals surface area contributed by atoms with Crippen LogP contribution in [0.4, 0.5) is 5.69 Å². The summed E-state index contributed by atoms with van der Waals surface area (Å²) in [6, 6.07) is 21.3. The summed E-state index contributed by atoms with van der Waals surface area (Å²) in [5, 5.41) is 0. The van der Waals surface area contributed by atoms with Crippen LogP contribution in [0.2, 0.25) is 0 Å². The van der Waals surface area contributed by atoms with Crippen LogP contribution in [0.15, 0.2) is 72.9 Å². The zero-order valence-electron chi connectivity index (χ0n) is 18.0. The van der Waals surface area contributed by atoms with Crippen molar-refractivity contribution in [3.8, 4) is 5.75 Å². The Labute approximate surface area is 196 Å². The zero-order chi connectivity index (χ0) is 24.2. The Hall–Kier alpha value is -3.34. The van der Waals surface area contributed by atoms with Crippen molar-refractivity contribution in [3.63, 3.8) is 0 Å². The second kappa shape index (κ2) is 8.15. The van der Waals surface area contributed by atoms with Gasteiger partial charge in [-0.05, 0) is 29.8 Å². The third-order valence-corrected chi connectivity index (χ3v) is 6.62. The number of anilines is 1. The van der Waals surface area contributed by atoms with Gasteiger partial charge in [0.05, 0.1) is 24.6 Å². The van der Waals surface area contributed by atoms with Crippen LogP contribution in [-0.4, -0.2) is 32.9 Å². The van der Waals surface area contributed by atoms with E-state index in [1.807, 2.05) is 30.5 Å². The van der Waals surface area contributed by atoms with Gasteiger partial charge in [-0.25, -0.2) is 4.90 Å². The number of hydrogen-bond donors (Lipinski definition) is 3. The molecule has 2 aromatic carbocycles. The average Bonchev–Trinajstić information content (AvgIpc) is 3.09. The predicted octanol–water partition coefficient (Wildman–Crippen LogP) is -0.0232. The van der Waals surface area contributed by atoms with Crippen molar-refractivity contribution in [1.29, 1.82) is 0 Å². The first-order chi connectivity index (χ1) is 16.2. The minimum atomic E-state index is -4.19. The predicted molar refractivity (Wildman–Crippen MR) is 112 cm³/mol. The maximum absolute atomic E-state index is 13.6. The summed E-state index contributed by atoms with van der Waals surface area (Å²) < 4.78 is 37.6. The van der Waals surface area contributed by atoms with Crippen LogP contribution in [0.3, 0.4) is 0 Å². The minimum absolute atomic E-state index is 0.107. The van der Waals surface area contributed by atoms with E-state index in [2.05, 4.69) is 22.8 Å². The normalized spacial score (nSPS) is 24.6. The van der Waals surface area contributed by atoms with E-state index < -0.39 is 10.2 Å². The van der Waals surface area contributed by atoms with Crippen molar-refractivity contribution >= 4 is 17.5 Å².